The summed E-state index contributed by atoms with van der Waals surface area (Å²) in [7, 11) is 0. The van der Waals surface area contributed by atoms with Crippen LogP contribution in [0.4, 0.5) is 5.69 Å². The Labute approximate surface area is 99.6 Å². The summed E-state index contributed by atoms with van der Waals surface area (Å²) in [4.78, 5) is 3.89. The summed E-state index contributed by atoms with van der Waals surface area (Å²) in [5, 5.41) is 13.8. The summed E-state index contributed by atoms with van der Waals surface area (Å²) in [6, 6.07) is 3.54. The first-order valence-electron chi connectivity index (χ1n) is 5.29. The summed E-state index contributed by atoms with van der Waals surface area (Å²) in [6.07, 6.45) is 2.14. The standard InChI is InChI=1S/C11H15ClN2O2/c1-8-11(15,3-5-16-8)7-14-9-2-4-13-10(12)6-9/h2,4,6,8,15H,3,5,7H2,1H3,(H,13,14). The molecule has 5 heteroatoms. The minimum absolute atomic E-state index is 0.141. The number of ether oxygens (including phenoxy) is 1. The topological polar surface area (TPSA) is 54.4 Å². The van der Waals surface area contributed by atoms with Gasteiger partial charge in [-0.25, -0.2) is 4.98 Å². The SMILES string of the molecule is CC1OCCC1(O)CNc1ccnc(Cl)c1. The zero-order valence-corrected chi connectivity index (χ0v) is 9.87. The van der Waals surface area contributed by atoms with E-state index in [2.05, 4.69) is 10.3 Å². The second-order valence-electron chi connectivity index (χ2n) is 4.09. The van der Waals surface area contributed by atoms with Crippen LogP contribution in [-0.2, 0) is 4.74 Å². The Kier molecular flexibility index (Phi) is 3.33. The van der Waals surface area contributed by atoms with Crippen LogP contribution < -0.4 is 5.32 Å². The second kappa shape index (κ2) is 4.57. The van der Waals surface area contributed by atoms with Gasteiger partial charge in [0.15, 0.2) is 0 Å². The second-order valence-corrected chi connectivity index (χ2v) is 4.47. The first-order chi connectivity index (χ1) is 7.60. The van der Waals surface area contributed by atoms with Gasteiger partial charge in [-0.2, -0.15) is 0 Å². The number of hydrogen-bond donors (Lipinski definition) is 2. The van der Waals surface area contributed by atoms with E-state index in [0.29, 0.717) is 24.7 Å². The lowest BCUT2D eigenvalue weighted by Crippen LogP contribution is -2.43. The Morgan fingerprint density at radius 2 is 2.56 bits per heavy atom. The number of hydrogen-bond acceptors (Lipinski definition) is 4. The van der Waals surface area contributed by atoms with E-state index in [4.69, 9.17) is 16.3 Å². The molecule has 0 aromatic carbocycles. The van der Waals surface area contributed by atoms with E-state index in [1.807, 2.05) is 13.0 Å². The number of anilines is 1. The van der Waals surface area contributed by atoms with Crippen LogP contribution in [0.2, 0.25) is 5.15 Å². The summed E-state index contributed by atoms with van der Waals surface area (Å²) in [5.74, 6) is 0. The highest BCUT2D eigenvalue weighted by molar-refractivity contribution is 6.29. The van der Waals surface area contributed by atoms with E-state index in [-0.39, 0.29) is 6.10 Å². The monoisotopic (exact) mass is 242 g/mol. The molecule has 1 fully saturated rings. The molecule has 1 aromatic heterocycles. The fraction of sp³-hybridized carbons (Fsp3) is 0.545. The zero-order chi connectivity index (χ0) is 11.6. The average Bonchev–Trinajstić information content (AvgIpc) is 2.58. The van der Waals surface area contributed by atoms with Crippen LogP contribution in [0.15, 0.2) is 18.3 Å². The number of rotatable bonds is 3. The molecule has 0 bridgehead atoms. The fourth-order valence-electron chi connectivity index (χ4n) is 1.77. The van der Waals surface area contributed by atoms with Gasteiger partial charge >= 0.3 is 0 Å². The molecule has 0 spiro atoms. The van der Waals surface area contributed by atoms with Gasteiger partial charge in [0, 0.05) is 31.5 Å². The molecule has 2 N–H and O–H groups in total. The van der Waals surface area contributed by atoms with Crippen molar-refractivity contribution in [3.05, 3.63) is 23.5 Å². The van der Waals surface area contributed by atoms with Crippen molar-refractivity contribution in [1.82, 2.24) is 4.98 Å². The van der Waals surface area contributed by atoms with Crippen LogP contribution in [0.3, 0.4) is 0 Å². The Balaban J connectivity index is 1.97. The van der Waals surface area contributed by atoms with Gasteiger partial charge in [-0.05, 0) is 19.1 Å². The van der Waals surface area contributed by atoms with Crippen molar-refractivity contribution < 1.29 is 9.84 Å². The molecule has 88 valence electrons. The molecule has 1 aromatic rings. The van der Waals surface area contributed by atoms with Crippen molar-refractivity contribution in [2.45, 2.75) is 25.0 Å². The van der Waals surface area contributed by atoms with Gasteiger partial charge < -0.3 is 15.2 Å². The molecular formula is C11H15ClN2O2. The molecule has 2 atom stereocenters. The van der Waals surface area contributed by atoms with E-state index in [9.17, 15) is 5.11 Å². The van der Waals surface area contributed by atoms with E-state index in [1.165, 1.54) is 0 Å². The maximum absolute atomic E-state index is 10.3. The van der Waals surface area contributed by atoms with Crippen LogP contribution in [-0.4, -0.2) is 34.9 Å². The molecule has 2 heterocycles. The Hall–Kier alpha value is -0.840. The van der Waals surface area contributed by atoms with Crippen LogP contribution in [0.5, 0.6) is 0 Å². The van der Waals surface area contributed by atoms with Gasteiger partial charge in [0.25, 0.3) is 0 Å². The van der Waals surface area contributed by atoms with Crippen molar-refractivity contribution in [2.24, 2.45) is 0 Å². The Morgan fingerprint density at radius 3 is 3.19 bits per heavy atom. The summed E-state index contributed by atoms with van der Waals surface area (Å²) in [6.45, 7) is 2.94. The third-order valence-corrected chi connectivity index (χ3v) is 3.19. The molecule has 1 aliphatic rings. The number of nitrogens with one attached hydrogen (secondary N) is 1. The van der Waals surface area contributed by atoms with Gasteiger partial charge in [-0.1, -0.05) is 11.6 Å². The molecule has 2 unspecified atom stereocenters. The van der Waals surface area contributed by atoms with Crippen LogP contribution >= 0.6 is 11.6 Å². The molecule has 0 radical (unpaired) electrons. The predicted octanol–water partition coefficient (Wildman–Crippen LogP) is 1.69. The molecule has 4 nitrogen and oxygen atoms in total. The molecular weight excluding hydrogens is 228 g/mol. The minimum atomic E-state index is -0.796. The molecule has 0 amide bonds. The molecule has 1 aliphatic heterocycles. The van der Waals surface area contributed by atoms with Crippen LogP contribution in [0.25, 0.3) is 0 Å². The van der Waals surface area contributed by atoms with Crippen molar-refractivity contribution >= 4 is 17.3 Å². The predicted molar refractivity (Wildman–Crippen MR) is 62.7 cm³/mol. The van der Waals surface area contributed by atoms with Gasteiger partial charge in [0.05, 0.1) is 6.10 Å². The summed E-state index contributed by atoms with van der Waals surface area (Å²) < 4.78 is 5.35. The van der Waals surface area contributed by atoms with Crippen molar-refractivity contribution in [2.75, 3.05) is 18.5 Å². The third-order valence-electron chi connectivity index (χ3n) is 2.98. The Bertz CT molecular complexity index is 375. The zero-order valence-electron chi connectivity index (χ0n) is 9.11. The van der Waals surface area contributed by atoms with Crippen LogP contribution in [0, 0.1) is 0 Å². The lowest BCUT2D eigenvalue weighted by atomic mass is 9.97. The number of aromatic nitrogens is 1. The van der Waals surface area contributed by atoms with E-state index in [0.717, 1.165) is 5.69 Å². The quantitative estimate of drug-likeness (QED) is 0.792. The molecule has 2 rings (SSSR count). The fourth-order valence-corrected chi connectivity index (χ4v) is 1.94. The maximum atomic E-state index is 10.3. The van der Waals surface area contributed by atoms with Crippen molar-refractivity contribution in [3.8, 4) is 0 Å². The first-order valence-corrected chi connectivity index (χ1v) is 5.67. The van der Waals surface area contributed by atoms with Crippen molar-refractivity contribution in [3.63, 3.8) is 0 Å². The average molecular weight is 243 g/mol. The van der Waals surface area contributed by atoms with Crippen LogP contribution in [0.1, 0.15) is 13.3 Å². The van der Waals surface area contributed by atoms with E-state index < -0.39 is 5.60 Å². The third kappa shape index (κ3) is 2.45. The summed E-state index contributed by atoms with van der Waals surface area (Å²) >= 11 is 5.77. The minimum Gasteiger partial charge on any atom is -0.385 e. The van der Waals surface area contributed by atoms with Gasteiger partial charge in [0.2, 0.25) is 0 Å². The largest absolute Gasteiger partial charge is 0.385 e. The number of nitrogens with zero attached hydrogens (tertiary/aromatic N) is 1. The van der Waals surface area contributed by atoms with Gasteiger partial charge in [0.1, 0.15) is 10.8 Å². The van der Waals surface area contributed by atoms with Crippen molar-refractivity contribution in [1.29, 1.82) is 0 Å². The first kappa shape index (κ1) is 11.6. The highest BCUT2D eigenvalue weighted by Crippen LogP contribution is 2.26. The highest BCUT2D eigenvalue weighted by Gasteiger charge is 2.39. The molecule has 0 aliphatic carbocycles. The number of pyridine rings is 1. The normalized spacial score (nSPS) is 29.3. The number of halogens is 1. The highest BCUT2D eigenvalue weighted by atomic mass is 35.5. The summed E-state index contributed by atoms with van der Waals surface area (Å²) in [5.41, 5.74) is 0.0583. The van der Waals surface area contributed by atoms with E-state index >= 15 is 0 Å². The Morgan fingerprint density at radius 1 is 1.75 bits per heavy atom. The molecule has 0 saturated carbocycles. The molecule has 1 saturated heterocycles. The van der Waals surface area contributed by atoms with Gasteiger partial charge in [-0.3, -0.25) is 0 Å². The van der Waals surface area contributed by atoms with E-state index in [1.54, 1.807) is 12.3 Å². The van der Waals surface area contributed by atoms with Gasteiger partial charge in [-0.15, -0.1) is 0 Å². The lowest BCUT2D eigenvalue weighted by Gasteiger charge is -2.26. The lowest BCUT2D eigenvalue weighted by molar-refractivity contribution is -0.0175. The smallest absolute Gasteiger partial charge is 0.131 e. The number of aliphatic hydroxyl groups is 1. The molecule has 16 heavy (non-hydrogen) atoms. The maximum Gasteiger partial charge on any atom is 0.131 e.